The van der Waals surface area contributed by atoms with Gasteiger partial charge in [0.15, 0.2) is 0 Å². The smallest absolute Gasteiger partial charge is 0.144 e. The number of anilines is 2. The van der Waals surface area contributed by atoms with Crippen molar-refractivity contribution in [3.05, 3.63) is 18.2 Å². The van der Waals surface area contributed by atoms with Crippen molar-refractivity contribution in [3.8, 4) is 5.75 Å². The van der Waals surface area contributed by atoms with Crippen molar-refractivity contribution in [2.24, 2.45) is 5.41 Å². The van der Waals surface area contributed by atoms with E-state index in [0.29, 0.717) is 12.3 Å². The molecule has 0 radical (unpaired) electrons. The van der Waals surface area contributed by atoms with E-state index in [1.54, 1.807) is 0 Å². The van der Waals surface area contributed by atoms with Gasteiger partial charge in [0.05, 0.1) is 24.6 Å². The maximum atomic E-state index is 9.73. The number of benzene rings is 1. The summed E-state index contributed by atoms with van der Waals surface area (Å²) in [5.74, 6) is 0.721. The fourth-order valence-electron chi connectivity index (χ4n) is 2.95. The van der Waals surface area contributed by atoms with Crippen LogP contribution in [0.2, 0.25) is 0 Å². The summed E-state index contributed by atoms with van der Waals surface area (Å²) < 4.78 is 5.51. The molecule has 1 aromatic rings. The number of ether oxygens (including phenoxy) is 1. The highest BCUT2D eigenvalue weighted by Crippen LogP contribution is 2.37. The first-order valence-corrected chi connectivity index (χ1v) is 7.57. The van der Waals surface area contributed by atoms with Crippen LogP contribution in [0.5, 0.6) is 5.75 Å². The molecule has 112 valence electrons. The second-order valence-electron chi connectivity index (χ2n) is 5.72. The minimum Gasteiger partial charge on any atom is -0.492 e. The number of aliphatic hydroxyl groups excluding tert-OH is 1. The number of nitrogens with two attached hydrogens (primary N) is 1. The number of para-hydroxylation sites is 1. The second-order valence-corrected chi connectivity index (χ2v) is 5.72. The Morgan fingerprint density at radius 3 is 2.70 bits per heavy atom. The van der Waals surface area contributed by atoms with Gasteiger partial charge in [-0.05, 0) is 31.9 Å². The molecule has 1 aliphatic rings. The highest BCUT2D eigenvalue weighted by Gasteiger charge is 2.31. The van der Waals surface area contributed by atoms with E-state index in [2.05, 4.69) is 5.32 Å². The summed E-state index contributed by atoms with van der Waals surface area (Å²) in [5.41, 5.74) is 7.67. The number of hydrogen-bond acceptors (Lipinski definition) is 4. The van der Waals surface area contributed by atoms with E-state index in [9.17, 15) is 5.11 Å². The zero-order valence-corrected chi connectivity index (χ0v) is 12.3. The van der Waals surface area contributed by atoms with E-state index in [-0.39, 0.29) is 12.0 Å². The van der Waals surface area contributed by atoms with E-state index in [0.717, 1.165) is 30.8 Å². The first-order chi connectivity index (χ1) is 9.71. The summed E-state index contributed by atoms with van der Waals surface area (Å²) in [6.07, 6.45) is 5.86. The monoisotopic (exact) mass is 278 g/mol. The third-order valence-electron chi connectivity index (χ3n) is 4.27. The van der Waals surface area contributed by atoms with Gasteiger partial charge in [0, 0.05) is 12.0 Å². The normalized spacial score (nSPS) is 17.7. The molecule has 4 N–H and O–H groups in total. The number of rotatable bonds is 6. The maximum Gasteiger partial charge on any atom is 0.144 e. The van der Waals surface area contributed by atoms with Gasteiger partial charge >= 0.3 is 0 Å². The average Bonchev–Trinajstić information content (AvgIpc) is 2.49. The molecule has 1 saturated carbocycles. The molecule has 0 unspecified atom stereocenters. The predicted molar refractivity (Wildman–Crippen MR) is 83.1 cm³/mol. The third-order valence-corrected chi connectivity index (χ3v) is 4.27. The largest absolute Gasteiger partial charge is 0.492 e. The predicted octanol–water partition coefficient (Wildman–Crippen LogP) is 3.02. The average molecular weight is 278 g/mol. The van der Waals surface area contributed by atoms with Crippen LogP contribution >= 0.6 is 0 Å². The first kappa shape index (κ1) is 15.0. The highest BCUT2D eigenvalue weighted by molar-refractivity contribution is 5.72. The Morgan fingerprint density at radius 2 is 2.05 bits per heavy atom. The summed E-state index contributed by atoms with van der Waals surface area (Å²) in [7, 11) is 0. The number of aliphatic hydroxyl groups is 1. The first-order valence-electron chi connectivity index (χ1n) is 7.57. The second kappa shape index (κ2) is 6.84. The van der Waals surface area contributed by atoms with Crippen molar-refractivity contribution in [1.82, 2.24) is 0 Å². The van der Waals surface area contributed by atoms with Gasteiger partial charge in [0.1, 0.15) is 5.75 Å². The molecule has 1 aromatic carbocycles. The van der Waals surface area contributed by atoms with E-state index in [4.69, 9.17) is 10.5 Å². The fraction of sp³-hybridized carbons (Fsp3) is 0.625. The Labute approximate surface area is 121 Å². The maximum absolute atomic E-state index is 9.73. The van der Waals surface area contributed by atoms with Crippen molar-refractivity contribution >= 4 is 11.4 Å². The molecule has 20 heavy (non-hydrogen) atoms. The summed E-state index contributed by atoms with van der Waals surface area (Å²) in [5, 5.41) is 13.1. The van der Waals surface area contributed by atoms with Gasteiger partial charge in [0.25, 0.3) is 0 Å². The van der Waals surface area contributed by atoms with E-state index in [1.165, 1.54) is 19.3 Å². The lowest BCUT2D eigenvalue weighted by Crippen LogP contribution is -2.35. The van der Waals surface area contributed by atoms with Gasteiger partial charge in [-0.3, -0.25) is 0 Å². The molecule has 0 aliphatic heterocycles. The van der Waals surface area contributed by atoms with Crippen LogP contribution in [0.3, 0.4) is 0 Å². The van der Waals surface area contributed by atoms with Crippen LogP contribution < -0.4 is 15.8 Å². The zero-order valence-electron chi connectivity index (χ0n) is 12.3. The third kappa shape index (κ3) is 3.37. The minimum absolute atomic E-state index is 0.00626. The van der Waals surface area contributed by atoms with Crippen LogP contribution in [0.4, 0.5) is 11.4 Å². The lowest BCUT2D eigenvalue weighted by molar-refractivity contribution is 0.0944. The molecule has 0 atom stereocenters. The molecule has 0 aromatic heterocycles. The lowest BCUT2D eigenvalue weighted by atomic mass is 9.74. The number of hydrogen-bond donors (Lipinski definition) is 3. The SMILES string of the molecule is CCOc1cccc(NCC2(CO)CCCCC2)c1N. The molecular formula is C16H26N2O2. The minimum atomic E-state index is 0.00626. The highest BCUT2D eigenvalue weighted by atomic mass is 16.5. The van der Waals surface area contributed by atoms with Crippen LogP contribution in [0.15, 0.2) is 18.2 Å². The van der Waals surface area contributed by atoms with Gasteiger partial charge in [-0.15, -0.1) is 0 Å². The van der Waals surface area contributed by atoms with Gasteiger partial charge in [0.2, 0.25) is 0 Å². The zero-order chi connectivity index (χ0) is 14.4. The topological polar surface area (TPSA) is 67.5 Å². The van der Waals surface area contributed by atoms with Crippen molar-refractivity contribution in [2.75, 3.05) is 30.8 Å². The quantitative estimate of drug-likeness (QED) is 0.700. The van der Waals surface area contributed by atoms with Gasteiger partial charge < -0.3 is 20.9 Å². The van der Waals surface area contributed by atoms with Gasteiger partial charge in [-0.2, -0.15) is 0 Å². The Kier molecular flexibility index (Phi) is 5.12. The summed E-state index contributed by atoms with van der Waals surface area (Å²) in [4.78, 5) is 0. The molecular weight excluding hydrogens is 252 g/mol. The Morgan fingerprint density at radius 1 is 1.30 bits per heavy atom. The molecule has 0 saturated heterocycles. The molecule has 1 aliphatic carbocycles. The molecule has 0 heterocycles. The molecule has 0 spiro atoms. The van der Waals surface area contributed by atoms with Gasteiger partial charge in [-0.25, -0.2) is 0 Å². The van der Waals surface area contributed by atoms with E-state index in [1.807, 2.05) is 25.1 Å². The van der Waals surface area contributed by atoms with Crippen molar-refractivity contribution < 1.29 is 9.84 Å². The molecule has 4 nitrogen and oxygen atoms in total. The van der Waals surface area contributed by atoms with Crippen LogP contribution in [0, 0.1) is 5.41 Å². The standard InChI is InChI=1S/C16H26N2O2/c1-2-20-14-8-6-7-13(15(14)17)18-11-16(12-19)9-4-3-5-10-16/h6-8,18-19H,2-5,9-12,17H2,1H3. The van der Waals surface area contributed by atoms with Gasteiger partial charge in [-0.1, -0.05) is 25.3 Å². The summed E-state index contributed by atoms with van der Waals surface area (Å²) in [6, 6.07) is 5.79. The fourth-order valence-corrected chi connectivity index (χ4v) is 2.95. The van der Waals surface area contributed by atoms with Crippen molar-refractivity contribution in [3.63, 3.8) is 0 Å². The molecule has 4 heteroatoms. The van der Waals surface area contributed by atoms with E-state index < -0.39 is 0 Å². The number of nitrogens with one attached hydrogen (secondary N) is 1. The molecule has 0 bridgehead atoms. The Hall–Kier alpha value is -1.42. The molecule has 2 rings (SSSR count). The van der Waals surface area contributed by atoms with Crippen molar-refractivity contribution in [1.29, 1.82) is 0 Å². The number of nitrogen functional groups attached to an aromatic ring is 1. The molecule has 1 fully saturated rings. The summed E-state index contributed by atoms with van der Waals surface area (Å²) >= 11 is 0. The van der Waals surface area contributed by atoms with Crippen LogP contribution in [-0.2, 0) is 0 Å². The van der Waals surface area contributed by atoms with E-state index >= 15 is 0 Å². The van der Waals surface area contributed by atoms with Crippen LogP contribution in [-0.4, -0.2) is 24.9 Å². The Balaban J connectivity index is 2.04. The van der Waals surface area contributed by atoms with Crippen LogP contribution in [0.1, 0.15) is 39.0 Å². The lowest BCUT2D eigenvalue weighted by Gasteiger charge is -2.36. The van der Waals surface area contributed by atoms with Crippen molar-refractivity contribution in [2.45, 2.75) is 39.0 Å². The van der Waals surface area contributed by atoms with Crippen LogP contribution in [0.25, 0.3) is 0 Å². The molecule has 0 amide bonds. The Bertz CT molecular complexity index is 428. The summed E-state index contributed by atoms with van der Waals surface area (Å²) in [6.45, 7) is 3.56.